The Balaban J connectivity index is 0.000000245. The summed E-state index contributed by atoms with van der Waals surface area (Å²) in [6.07, 6.45) is 2.01. The molecule has 0 fully saturated rings. The Kier molecular flexibility index (Phi) is 9.81. The van der Waals surface area contributed by atoms with Gasteiger partial charge in [0.15, 0.2) is 11.4 Å². The number of esters is 1. The van der Waals surface area contributed by atoms with Crippen LogP contribution in [0, 0.1) is 0 Å². The minimum atomic E-state index is -0.944. The number of benzene rings is 1. The minimum Gasteiger partial charge on any atom is -0.476 e. The lowest BCUT2D eigenvalue weighted by Crippen LogP contribution is -2.06. The first-order chi connectivity index (χ1) is 14.8. The summed E-state index contributed by atoms with van der Waals surface area (Å²) < 4.78 is 5.25. The number of thiazole rings is 2. The maximum Gasteiger partial charge on any atom is 0.358 e. The van der Waals surface area contributed by atoms with E-state index < -0.39 is 5.97 Å². The fourth-order valence-corrected chi connectivity index (χ4v) is 4.23. The van der Waals surface area contributed by atoms with Crippen LogP contribution in [0.3, 0.4) is 0 Å². The van der Waals surface area contributed by atoms with Crippen LogP contribution in [0.1, 0.15) is 88.9 Å². The van der Waals surface area contributed by atoms with Crippen molar-refractivity contribution < 1.29 is 19.4 Å². The fourth-order valence-electron chi connectivity index (χ4n) is 2.37. The highest BCUT2D eigenvalue weighted by atomic mass is 32.1. The average Bonchev–Trinajstić information content (AvgIpc) is 3.48. The zero-order chi connectivity index (χ0) is 22.8. The summed E-state index contributed by atoms with van der Waals surface area (Å²) in [6.45, 7) is 8.62. The molecule has 8 heteroatoms. The van der Waals surface area contributed by atoms with Gasteiger partial charge in [0.05, 0.1) is 10.0 Å². The normalized spacial score (nSPS) is 12.4. The number of carboxylic acid groups (broad SMARTS) is 1. The van der Waals surface area contributed by atoms with Crippen molar-refractivity contribution in [1.82, 2.24) is 9.97 Å². The Hall–Kier alpha value is -2.58. The number of hydrogen-bond acceptors (Lipinski definition) is 7. The monoisotopic (exact) mass is 460 g/mol. The summed E-state index contributed by atoms with van der Waals surface area (Å²) in [5, 5.41) is 13.9. The van der Waals surface area contributed by atoms with E-state index in [-0.39, 0.29) is 18.3 Å². The number of aromatic carboxylic acids is 1. The van der Waals surface area contributed by atoms with E-state index >= 15 is 0 Å². The number of carboxylic acids is 1. The number of carbonyl (C=O) groups is 2. The van der Waals surface area contributed by atoms with E-state index in [1.807, 2.05) is 37.3 Å². The van der Waals surface area contributed by atoms with E-state index in [2.05, 4.69) is 30.7 Å². The van der Waals surface area contributed by atoms with Gasteiger partial charge in [-0.1, -0.05) is 58.0 Å². The van der Waals surface area contributed by atoms with E-state index in [0.717, 1.165) is 28.4 Å². The minimum absolute atomic E-state index is 0.162. The Morgan fingerprint density at radius 1 is 0.935 bits per heavy atom. The van der Waals surface area contributed by atoms with E-state index in [4.69, 9.17) is 9.84 Å². The molecule has 1 N–H and O–H groups in total. The second kappa shape index (κ2) is 12.3. The molecule has 0 spiro atoms. The van der Waals surface area contributed by atoms with Gasteiger partial charge < -0.3 is 9.84 Å². The van der Waals surface area contributed by atoms with Crippen molar-refractivity contribution in [1.29, 1.82) is 0 Å². The Bertz CT molecular complexity index is 969. The molecule has 2 atom stereocenters. The molecule has 0 radical (unpaired) electrons. The third-order valence-corrected chi connectivity index (χ3v) is 6.91. The van der Waals surface area contributed by atoms with Gasteiger partial charge in [-0.3, -0.25) is 0 Å². The van der Waals surface area contributed by atoms with E-state index in [1.54, 1.807) is 10.8 Å². The summed E-state index contributed by atoms with van der Waals surface area (Å²) in [6, 6.07) is 9.64. The van der Waals surface area contributed by atoms with Crippen LogP contribution in [0.4, 0.5) is 0 Å². The maximum absolute atomic E-state index is 11.9. The van der Waals surface area contributed by atoms with Gasteiger partial charge in [-0.25, -0.2) is 19.6 Å². The topological polar surface area (TPSA) is 89.4 Å². The largest absolute Gasteiger partial charge is 0.476 e. The molecule has 0 unspecified atom stereocenters. The second-order valence-electron chi connectivity index (χ2n) is 7.13. The van der Waals surface area contributed by atoms with E-state index in [1.165, 1.54) is 22.7 Å². The summed E-state index contributed by atoms with van der Waals surface area (Å²) >= 11 is 2.94. The summed E-state index contributed by atoms with van der Waals surface area (Å²) in [7, 11) is 0. The smallest absolute Gasteiger partial charge is 0.358 e. The standard InChI is InChI=1S/C15H17NO2S.C8H11NO2S/c1-3-11(2)14-16-13(10-19-14)15(17)18-9-12-7-5-4-6-8-12;1-3-5(2)7-9-6(4-12-7)8(10)11/h4-8,10-11H,3,9H2,1-2H3;4-5H,3H2,1-2H3,(H,10,11)/t11-;5-/m11/s1. The third kappa shape index (κ3) is 7.56. The van der Waals surface area contributed by atoms with Crippen molar-refractivity contribution in [3.05, 3.63) is 68.1 Å². The molecule has 1 aromatic carbocycles. The molecule has 2 aromatic heterocycles. The summed E-state index contributed by atoms with van der Waals surface area (Å²) in [5.41, 5.74) is 1.56. The Labute approximate surface area is 191 Å². The molecule has 166 valence electrons. The van der Waals surface area contributed by atoms with Crippen LogP contribution in [-0.2, 0) is 11.3 Å². The van der Waals surface area contributed by atoms with Crippen LogP contribution in [0.25, 0.3) is 0 Å². The van der Waals surface area contributed by atoms with Crippen molar-refractivity contribution >= 4 is 34.6 Å². The molecule has 3 rings (SSSR count). The number of aromatic nitrogens is 2. The molecule has 0 bridgehead atoms. The first-order valence-electron chi connectivity index (χ1n) is 10.2. The predicted octanol–water partition coefficient (Wildman–Crippen LogP) is 6.37. The lowest BCUT2D eigenvalue weighted by Gasteiger charge is -2.03. The lowest BCUT2D eigenvalue weighted by atomic mass is 10.1. The molecule has 0 aliphatic heterocycles. The molecule has 6 nitrogen and oxygen atoms in total. The molecule has 3 aromatic rings. The average molecular weight is 461 g/mol. The van der Waals surface area contributed by atoms with E-state index in [9.17, 15) is 9.59 Å². The van der Waals surface area contributed by atoms with Crippen molar-refractivity contribution in [3.63, 3.8) is 0 Å². The van der Waals surface area contributed by atoms with Gasteiger partial charge in [-0.2, -0.15) is 0 Å². The maximum atomic E-state index is 11.9. The van der Waals surface area contributed by atoms with Crippen LogP contribution >= 0.6 is 22.7 Å². The van der Waals surface area contributed by atoms with Crippen molar-refractivity contribution in [2.75, 3.05) is 0 Å². The second-order valence-corrected chi connectivity index (χ2v) is 8.91. The molecule has 0 saturated heterocycles. The molecule has 0 saturated carbocycles. The van der Waals surface area contributed by atoms with Crippen LogP contribution in [0.5, 0.6) is 0 Å². The van der Waals surface area contributed by atoms with Gasteiger partial charge in [0.2, 0.25) is 0 Å². The van der Waals surface area contributed by atoms with Gasteiger partial charge in [-0.15, -0.1) is 22.7 Å². The van der Waals surface area contributed by atoms with Gasteiger partial charge in [0.1, 0.15) is 6.61 Å². The molecular weight excluding hydrogens is 432 g/mol. The Morgan fingerprint density at radius 3 is 1.94 bits per heavy atom. The number of ether oxygens (including phenoxy) is 1. The predicted molar refractivity (Wildman–Crippen MR) is 124 cm³/mol. The number of rotatable bonds is 8. The molecule has 31 heavy (non-hydrogen) atoms. The van der Waals surface area contributed by atoms with Gasteiger partial charge in [0.25, 0.3) is 0 Å². The SMILES string of the molecule is CC[C@@H](C)c1nc(C(=O)O)cs1.CC[C@@H](C)c1nc(C(=O)OCc2ccccc2)cs1. The highest BCUT2D eigenvalue weighted by molar-refractivity contribution is 7.10. The molecule has 0 aliphatic rings. The van der Waals surface area contributed by atoms with Crippen molar-refractivity contribution in [2.24, 2.45) is 0 Å². The van der Waals surface area contributed by atoms with Gasteiger partial charge in [0, 0.05) is 22.6 Å². The fraction of sp³-hybridized carbons (Fsp3) is 0.391. The molecule has 2 heterocycles. The molecule has 0 amide bonds. The van der Waals surface area contributed by atoms with Crippen molar-refractivity contribution in [3.8, 4) is 0 Å². The van der Waals surface area contributed by atoms with Crippen LogP contribution < -0.4 is 0 Å². The highest BCUT2D eigenvalue weighted by Gasteiger charge is 2.15. The van der Waals surface area contributed by atoms with E-state index in [0.29, 0.717) is 17.5 Å². The molecular formula is C23H28N2O4S2. The Morgan fingerprint density at radius 2 is 1.45 bits per heavy atom. The number of nitrogens with zero attached hydrogens (tertiary/aromatic N) is 2. The lowest BCUT2D eigenvalue weighted by molar-refractivity contribution is 0.0466. The first-order valence-corrected chi connectivity index (χ1v) is 12.0. The quantitative estimate of drug-likeness (QED) is 0.393. The summed E-state index contributed by atoms with van der Waals surface area (Å²) in [5.74, 6) is -0.542. The first kappa shape index (κ1) is 24.7. The summed E-state index contributed by atoms with van der Waals surface area (Å²) in [4.78, 5) is 30.7. The van der Waals surface area contributed by atoms with Gasteiger partial charge >= 0.3 is 11.9 Å². The number of carbonyl (C=O) groups excluding carboxylic acids is 1. The van der Waals surface area contributed by atoms with Crippen LogP contribution in [-0.4, -0.2) is 27.0 Å². The van der Waals surface area contributed by atoms with Crippen LogP contribution in [0.15, 0.2) is 41.1 Å². The number of hydrogen-bond donors (Lipinski definition) is 1. The van der Waals surface area contributed by atoms with Crippen molar-refractivity contribution in [2.45, 2.75) is 59.0 Å². The van der Waals surface area contributed by atoms with Crippen LogP contribution in [0.2, 0.25) is 0 Å². The third-order valence-electron chi connectivity index (χ3n) is 4.75. The highest BCUT2D eigenvalue weighted by Crippen LogP contribution is 2.23. The molecule has 0 aliphatic carbocycles. The zero-order valence-electron chi connectivity index (χ0n) is 18.2. The zero-order valence-corrected chi connectivity index (χ0v) is 19.8. The van der Waals surface area contributed by atoms with Gasteiger partial charge in [-0.05, 0) is 18.4 Å².